The Bertz CT molecular complexity index is 617. The van der Waals surface area contributed by atoms with Crippen molar-refractivity contribution < 1.29 is 27.3 Å². The Labute approximate surface area is 138 Å². The van der Waals surface area contributed by atoms with Gasteiger partial charge in [-0.25, -0.2) is 0 Å². The summed E-state index contributed by atoms with van der Waals surface area (Å²) in [5.41, 5.74) is 0.0899. The van der Waals surface area contributed by atoms with E-state index in [0.29, 0.717) is 29.2 Å². The summed E-state index contributed by atoms with van der Waals surface area (Å²) in [5.74, 6) is -1.80. The van der Waals surface area contributed by atoms with Gasteiger partial charge < -0.3 is 9.42 Å². The van der Waals surface area contributed by atoms with Crippen molar-refractivity contribution in [2.45, 2.75) is 64.1 Å². The maximum atomic E-state index is 12.7. The molecule has 0 N–H and O–H groups in total. The molecule has 8 heteroatoms. The molecule has 0 bridgehead atoms. The van der Waals surface area contributed by atoms with Crippen LogP contribution in [0, 0.1) is 0 Å². The lowest BCUT2D eigenvalue weighted by Gasteiger charge is -2.35. The highest BCUT2D eigenvalue weighted by atomic mass is 19.4. The van der Waals surface area contributed by atoms with Gasteiger partial charge in [-0.2, -0.15) is 13.2 Å². The molecule has 0 aliphatic carbocycles. The Kier molecular flexibility index (Phi) is 5.05. The maximum absolute atomic E-state index is 12.7. The molecule has 1 aromatic rings. The number of piperidine rings is 1. The zero-order valence-electron chi connectivity index (χ0n) is 13.9. The van der Waals surface area contributed by atoms with Gasteiger partial charge in [-0.05, 0) is 19.3 Å². The van der Waals surface area contributed by atoms with Gasteiger partial charge in [0.15, 0.2) is 5.78 Å². The topological polar surface area (TPSA) is 63.4 Å². The summed E-state index contributed by atoms with van der Waals surface area (Å²) < 4.78 is 43.3. The number of ketones is 1. The summed E-state index contributed by atoms with van der Waals surface area (Å²) in [6, 6.07) is 0.582. The van der Waals surface area contributed by atoms with E-state index in [9.17, 15) is 22.8 Å². The van der Waals surface area contributed by atoms with E-state index < -0.39 is 23.9 Å². The third-order valence-electron chi connectivity index (χ3n) is 4.03. The molecule has 1 aliphatic rings. The zero-order chi connectivity index (χ0) is 18.1. The van der Waals surface area contributed by atoms with Crippen LogP contribution in [0.2, 0.25) is 0 Å². The van der Waals surface area contributed by atoms with Crippen molar-refractivity contribution in [3.05, 3.63) is 17.5 Å². The van der Waals surface area contributed by atoms with Gasteiger partial charge in [0.1, 0.15) is 5.76 Å². The summed E-state index contributed by atoms with van der Waals surface area (Å²) >= 11 is 0. The molecule has 1 saturated heterocycles. The van der Waals surface area contributed by atoms with E-state index in [-0.39, 0.29) is 24.8 Å². The third kappa shape index (κ3) is 4.15. The molecule has 1 amide bonds. The van der Waals surface area contributed by atoms with Crippen LogP contribution in [0.15, 0.2) is 10.6 Å². The smallest absolute Gasteiger partial charge is 0.361 e. The largest absolute Gasteiger partial charge is 0.471 e. The van der Waals surface area contributed by atoms with Crippen molar-refractivity contribution >= 4 is 11.7 Å². The van der Waals surface area contributed by atoms with Gasteiger partial charge in [0.25, 0.3) is 0 Å². The predicted molar refractivity (Wildman–Crippen MR) is 79.3 cm³/mol. The molecule has 0 saturated carbocycles. The fraction of sp³-hybridized carbons (Fsp3) is 0.688. The molecule has 0 aromatic carbocycles. The molecular formula is C16H21F3N2O3. The second kappa shape index (κ2) is 6.57. The van der Waals surface area contributed by atoms with E-state index in [1.807, 2.05) is 20.8 Å². The number of carbonyl (C=O) groups excluding carboxylic acids is 2. The summed E-state index contributed by atoms with van der Waals surface area (Å²) in [5, 5.41) is 3.81. The van der Waals surface area contributed by atoms with Crippen LogP contribution in [0.1, 0.15) is 51.5 Å². The minimum Gasteiger partial charge on any atom is -0.361 e. The first-order chi connectivity index (χ1) is 11.0. The number of rotatable bonds is 3. The molecule has 2 heterocycles. The number of Topliss-reactive ketones (excluding diaryl/α,β-unsaturated/α-hetero) is 1. The second-order valence-electron chi connectivity index (χ2n) is 7.08. The van der Waals surface area contributed by atoms with Crippen molar-refractivity contribution in [1.29, 1.82) is 0 Å². The number of carbonyl (C=O) groups is 2. The molecule has 2 rings (SSSR count). The molecule has 1 aromatic heterocycles. The number of halogens is 3. The highest BCUT2D eigenvalue weighted by Crippen LogP contribution is 2.27. The van der Waals surface area contributed by atoms with Crippen molar-refractivity contribution in [2.24, 2.45) is 0 Å². The van der Waals surface area contributed by atoms with Gasteiger partial charge in [0, 0.05) is 18.0 Å². The summed E-state index contributed by atoms with van der Waals surface area (Å²) in [7, 11) is 0. The van der Waals surface area contributed by atoms with Crippen molar-refractivity contribution in [1.82, 2.24) is 10.1 Å². The summed E-state index contributed by atoms with van der Waals surface area (Å²) in [4.78, 5) is 24.6. The zero-order valence-corrected chi connectivity index (χ0v) is 13.9. The minimum atomic E-state index is -4.97. The van der Waals surface area contributed by atoms with Crippen LogP contribution in [-0.4, -0.2) is 40.5 Å². The monoisotopic (exact) mass is 346 g/mol. The highest BCUT2D eigenvalue weighted by molar-refractivity contribution is 5.92. The number of alkyl halides is 3. The standard InChI is InChI=1S/C16H21F3N2O3/c1-15(2,3)13-9-10(20-24-13)8-12(22)11-6-4-5-7-21(11)14(23)16(17,18)19/h9,11H,4-8H2,1-3H3/t11-/m0/s1. The average molecular weight is 346 g/mol. The van der Waals surface area contributed by atoms with E-state index in [0.717, 1.165) is 0 Å². The van der Waals surface area contributed by atoms with E-state index in [1.54, 1.807) is 6.07 Å². The van der Waals surface area contributed by atoms with Gasteiger partial charge in [0.2, 0.25) is 0 Å². The van der Waals surface area contributed by atoms with Crippen molar-refractivity contribution in [3.63, 3.8) is 0 Å². The van der Waals surface area contributed by atoms with Gasteiger partial charge in [-0.3, -0.25) is 9.59 Å². The molecule has 1 atom stereocenters. The molecule has 24 heavy (non-hydrogen) atoms. The number of nitrogens with zero attached hydrogens (tertiary/aromatic N) is 2. The van der Waals surface area contributed by atoms with Crippen LogP contribution >= 0.6 is 0 Å². The first-order valence-electron chi connectivity index (χ1n) is 7.86. The third-order valence-corrected chi connectivity index (χ3v) is 4.03. The Morgan fingerprint density at radius 3 is 2.50 bits per heavy atom. The maximum Gasteiger partial charge on any atom is 0.471 e. The molecule has 0 spiro atoms. The van der Waals surface area contributed by atoms with Crippen LogP contribution in [0.4, 0.5) is 13.2 Å². The minimum absolute atomic E-state index is 0.0548. The lowest BCUT2D eigenvalue weighted by Crippen LogP contribution is -2.52. The van der Waals surface area contributed by atoms with Crippen LogP contribution in [0.25, 0.3) is 0 Å². The van der Waals surface area contributed by atoms with Crippen LogP contribution < -0.4 is 0 Å². The van der Waals surface area contributed by atoms with Crippen LogP contribution in [-0.2, 0) is 21.4 Å². The average Bonchev–Trinajstić information content (AvgIpc) is 2.94. The van der Waals surface area contributed by atoms with Gasteiger partial charge in [-0.1, -0.05) is 25.9 Å². The highest BCUT2D eigenvalue weighted by Gasteiger charge is 2.46. The molecular weight excluding hydrogens is 325 g/mol. The molecule has 0 unspecified atom stereocenters. The number of likely N-dealkylation sites (tertiary alicyclic amines) is 1. The first kappa shape index (κ1) is 18.5. The Hall–Kier alpha value is -1.86. The number of aromatic nitrogens is 1. The van der Waals surface area contributed by atoms with Crippen LogP contribution in [0.5, 0.6) is 0 Å². The van der Waals surface area contributed by atoms with E-state index in [1.165, 1.54) is 0 Å². The lowest BCUT2D eigenvalue weighted by atomic mass is 9.92. The normalized spacial score (nSPS) is 19.4. The molecule has 1 aliphatic heterocycles. The Morgan fingerprint density at radius 1 is 1.29 bits per heavy atom. The number of amides is 1. The van der Waals surface area contributed by atoms with Gasteiger partial charge >= 0.3 is 12.1 Å². The SMILES string of the molecule is CC(C)(C)c1cc(CC(=O)[C@@H]2CCCCN2C(=O)C(F)(F)F)no1. The van der Waals surface area contributed by atoms with Crippen LogP contribution in [0.3, 0.4) is 0 Å². The molecule has 5 nitrogen and oxygen atoms in total. The van der Waals surface area contributed by atoms with E-state index >= 15 is 0 Å². The number of hydrogen-bond acceptors (Lipinski definition) is 4. The molecule has 134 valence electrons. The summed E-state index contributed by atoms with van der Waals surface area (Å²) in [6.45, 7) is 5.71. The predicted octanol–water partition coefficient (Wildman–Crippen LogP) is 3.03. The number of hydrogen-bond donors (Lipinski definition) is 0. The Morgan fingerprint density at radius 2 is 1.96 bits per heavy atom. The second-order valence-corrected chi connectivity index (χ2v) is 7.08. The first-order valence-corrected chi connectivity index (χ1v) is 7.86. The van der Waals surface area contributed by atoms with Gasteiger partial charge in [0.05, 0.1) is 18.2 Å². The fourth-order valence-electron chi connectivity index (χ4n) is 2.72. The van der Waals surface area contributed by atoms with Crippen molar-refractivity contribution in [3.8, 4) is 0 Å². The summed E-state index contributed by atoms with van der Waals surface area (Å²) in [6.07, 6.45) is -3.80. The van der Waals surface area contributed by atoms with E-state index in [2.05, 4.69) is 5.16 Å². The lowest BCUT2D eigenvalue weighted by molar-refractivity contribution is -0.189. The Balaban J connectivity index is 2.12. The fourth-order valence-corrected chi connectivity index (χ4v) is 2.72. The van der Waals surface area contributed by atoms with E-state index in [4.69, 9.17) is 4.52 Å². The van der Waals surface area contributed by atoms with Crippen molar-refractivity contribution in [2.75, 3.05) is 6.54 Å². The van der Waals surface area contributed by atoms with Gasteiger partial charge in [-0.15, -0.1) is 0 Å². The quantitative estimate of drug-likeness (QED) is 0.844. The molecule has 1 fully saturated rings. The molecule has 0 radical (unpaired) electrons.